The topological polar surface area (TPSA) is 62.6 Å². The lowest BCUT2D eigenvalue weighted by Crippen LogP contribution is -2.52. The predicted octanol–water partition coefficient (Wildman–Crippen LogP) is 1.48. The van der Waals surface area contributed by atoms with Gasteiger partial charge < -0.3 is 19.5 Å². The summed E-state index contributed by atoms with van der Waals surface area (Å²) in [7, 11) is 2.09. The lowest BCUT2D eigenvalue weighted by molar-refractivity contribution is 0.00997. The number of hydrogen-bond donors (Lipinski definition) is 1. The molecule has 2 aliphatic heterocycles. The van der Waals surface area contributed by atoms with Gasteiger partial charge >= 0.3 is 6.03 Å². The fourth-order valence-corrected chi connectivity index (χ4v) is 4.38. The summed E-state index contributed by atoms with van der Waals surface area (Å²) in [6.07, 6.45) is 3.23. The van der Waals surface area contributed by atoms with Gasteiger partial charge in [0.25, 0.3) is 0 Å². The van der Waals surface area contributed by atoms with E-state index < -0.39 is 0 Å². The van der Waals surface area contributed by atoms with Crippen molar-refractivity contribution in [1.82, 2.24) is 24.7 Å². The van der Waals surface area contributed by atoms with E-state index >= 15 is 0 Å². The first-order valence-corrected chi connectivity index (χ1v) is 9.90. The van der Waals surface area contributed by atoms with Crippen LogP contribution in [0.4, 0.5) is 4.79 Å². The molecule has 0 bridgehead atoms. The highest BCUT2D eigenvalue weighted by Crippen LogP contribution is 2.41. The number of imidazole rings is 1. The molecule has 0 aromatic carbocycles. The number of nitrogens with one attached hydrogen (secondary N) is 1. The molecular weight excluding hydrogens is 330 g/mol. The number of rotatable bonds is 4. The molecule has 0 unspecified atom stereocenters. The highest BCUT2D eigenvalue weighted by Gasteiger charge is 2.48. The highest BCUT2D eigenvalue weighted by atomic mass is 16.5. The van der Waals surface area contributed by atoms with E-state index in [1.807, 2.05) is 4.90 Å². The summed E-state index contributed by atoms with van der Waals surface area (Å²) in [5.41, 5.74) is 2.52. The molecule has 2 amide bonds. The number of fused-ring (bicyclic) bond motifs is 1. The molecule has 1 aromatic heterocycles. The largest absolute Gasteiger partial charge is 0.379 e. The van der Waals surface area contributed by atoms with Crippen LogP contribution >= 0.6 is 0 Å². The third kappa shape index (κ3) is 3.22. The van der Waals surface area contributed by atoms with Gasteiger partial charge in [0, 0.05) is 56.8 Å². The maximum atomic E-state index is 12.7. The van der Waals surface area contributed by atoms with E-state index in [1.54, 1.807) is 0 Å². The number of carbonyl (C=O) groups is 1. The van der Waals surface area contributed by atoms with Gasteiger partial charge in [-0.05, 0) is 12.8 Å². The molecule has 0 atom stereocenters. The van der Waals surface area contributed by atoms with Gasteiger partial charge in [0.1, 0.15) is 5.82 Å². The van der Waals surface area contributed by atoms with Crippen molar-refractivity contribution in [1.29, 1.82) is 0 Å². The molecule has 1 N–H and O–H groups in total. The van der Waals surface area contributed by atoms with Gasteiger partial charge in [-0.25, -0.2) is 9.78 Å². The van der Waals surface area contributed by atoms with E-state index in [-0.39, 0.29) is 11.6 Å². The Morgan fingerprint density at radius 1 is 1.27 bits per heavy atom. The third-order valence-corrected chi connectivity index (χ3v) is 6.17. The molecule has 2 fully saturated rings. The summed E-state index contributed by atoms with van der Waals surface area (Å²) in [6.45, 7) is 10.0. The number of carbonyl (C=O) groups excluding carboxylic acids is 1. The van der Waals surface area contributed by atoms with E-state index in [1.165, 1.54) is 18.5 Å². The van der Waals surface area contributed by atoms with Crippen molar-refractivity contribution in [3.63, 3.8) is 0 Å². The average molecular weight is 361 g/mol. The Hall–Kier alpha value is -1.60. The van der Waals surface area contributed by atoms with Crippen LogP contribution < -0.4 is 5.32 Å². The number of hydrogen-bond acceptors (Lipinski definition) is 4. The SMILES string of the molecule is CC(C)c1nc2c(n1C)CCN(C(=O)NCC1(N3CCOCC3)CC1)C2. The van der Waals surface area contributed by atoms with Crippen LogP contribution in [0.15, 0.2) is 0 Å². The zero-order valence-electron chi connectivity index (χ0n) is 16.3. The Bertz CT molecular complexity index is 674. The number of aromatic nitrogens is 2. The monoisotopic (exact) mass is 361 g/mol. The van der Waals surface area contributed by atoms with Gasteiger partial charge in [0.2, 0.25) is 0 Å². The van der Waals surface area contributed by atoms with E-state index in [9.17, 15) is 4.79 Å². The smallest absolute Gasteiger partial charge is 0.317 e. The summed E-state index contributed by atoms with van der Waals surface area (Å²) in [5, 5.41) is 3.20. The Labute approximate surface area is 155 Å². The number of amides is 2. The Morgan fingerprint density at radius 2 is 2.00 bits per heavy atom. The molecule has 0 spiro atoms. The molecule has 0 radical (unpaired) electrons. The molecule has 1 aromatic rings. The summed E-state index contributed by atoms with van der Waals surface area (Å²) >= 11 is 0. The van der Waals surface area contributed by atoms with Crippen LogP contribution in [0.25, 0.3) is 0 Å². The van der Waals surface area contributed by atoms with E-state index in [0.29, 0.717) is 12.5 Å². The quantitative estimate of drug-likeness (QED) is 0.882. The first-order valence-electron chi connectivity index (χ1n) is 9.90. The number of nitrogens with zero attached hydrogens (tertiary/aromatic N) is 4. The average Bonchev–Trinajstić information content (AvgIpc) is 3.38. The fraction of sp³-hybridized carbons (Fsp3) is 0.789. The fourth-order valence-electron chi connectivity index (χ4n) is 4.38. The zero-order valence-corrected chi connectivity index (χ0v) is 16.3. The minimum atomic E-state index is 0.0481. The van der Waals surface area contributed by atoms with Crippen molar-refractivity contribution >= 4 is 6.03 Å². The van der Waals surface area contributed by atoms with Gasteiger partial charge in [0.15, 0.2) is 0 Å². The van der Waals surface area contributed by atoms with Crippen LogP contribution in [0, 0.1) is 0 Å². The second-order valence-corrected chi connectivity index (χ2v) is 8.23. The lowest BCUT2D eigenvalue weighted by Gasteiger charge is -2.35. The minimum Gasteiger partial charge on any atom is -0.379 e. The minimum absolute atomic E-state index is 0.0481. The van der Waals surface area contributed by atoms with Crippen molar-refractivity contribution in [2.24, 2.45) is 7.05 Å². The zero-order chi connectivity index (χ0) is 18.3. The third-order valence-electron chi connectivity index (χ3n) is 6.17. The first-order chi connectivity index (χ1) is 12.5. The van der Waals surface area contributed by atoms with Gasteiger partial charge in [0.05, 0.1) is 25.5 Å². The molecule has 3 heterocycles. The molecule has 7 heteroatoms. The van der Waals surface area contributed by atoms with Crippen LogP contribution in [0.2, 0.25) is 0 Å². The Balaban J connectivity index is 1.35. The molecule has 144 valence electrons. The maximum absolute atomic E-state index is 12.7. The molecular formula is C19H31N5O2. The second-order valence-electron chi connectivity index (χ2n) is 8.23. The van der Waals surface area contributed by atoms with Gasteiger partial charge in [-0.1, -0.05) is 13.8 Å². The van der Waals surface area contributed by atoms with E-state index in [0.717, 1.165) is 57.3 Å². The maximum Gasteiger partial charge on any atom is 0.317 e. The summed E-state index contributed by atoms with van der Waals surface area (Å²) in [6, 6.07) is 0.0481. The summed E-state index contributed by atoms with van der Waals surface area (Å²) in [5.74, 6) is 1.51. The summed E-state index contributed by atoms with van der Waals surface area (Å²) in [4.78, 5) is 21.9. The summed E-state index contributed by atoms with van der Waals surface area (Å²) < 4.78 is 7.67. The number of ether oxygens (including phenoxy) is 1. The molecule has 4 rings (SSSR count). The van der Waals surface area contributed by atoms with Crippen molar-refractivity contribution in [2.75, 3.05) is 39.4 Å². The van der Waals surface area contributed by atoms with E-state index in [2.05, 4.69) is 35.7 Å². The van der Waals surface area contributed by atoms with Crippen molar-refractivity contribution < 1.29 is 9.53 Å². The van der Waals surface area contributed by atoms with Crippen LogP contribution in [-0.4, -0.2) is 70.3 Å². The standard InChI is InChI=1S/C19H31N5O2/c1-14(2)17-21-15-12-23(7-4-16(15)22(17)3)18(25)20-13-19(5-6-19)24-8-10-26-11-9-24/h14H,4-13H2,1-3H3,(H,20,25). The molecule has 1 saturated heterocycles. The lowest BCUT2D eigenvalue weighted by atomic mass is 10.1. The molecule has 1 aliphatic carbocycles. The normalized spacial score (nSPS) is 22.4. The number of urea groups is 1. The molecule has 1 saturated carbocycles. The van der Waals surface area contributed by atoms with Gasteiger partial charge in [-0.3, -0.25) is 4.90 Å². The Morgan fingerprint density at radius 3 is 2.65 bits per heavy atom. The predicted molar refractivity (Wildman–Crippen MR) is 99.2 cm³/mol. The molecule has 7 nitrogen and oxygen atoms in total. The Kier molecular flexibility index (Phi) is 4.69. The van der Waals surface area contributed by atoms with Crippen LogP contribution in [0.1, 0.15) is 49.8 Å². The molecule has 3 aliphatic rings. The van der Waals surface area contributed by atoms with Crippen molar-refractivity contribution in [2.45, 2.75) is 51.1 Å². The highest BCUT2D eigenvalue weighted by molar-refractivity contribution is 5.74. The second kappa shape index (κ2) is 6.85. The van der Waals surface area contributed by atoms with E-state index in [4.69, 9.17) is 9.72 Å². The van der Waals surface area contributed by atoms with Crippen LogP contribution in [-0.2, 0) is 24.8 Å². The van der Waals surface area contributed by atoms with Crippen LogP contribution in [0.3, 0.4) is 0 Å². The molecule has 26 heavy (non-hydrogen) atoms. The van der Waals surface area contributed by atoms with Crippen LogP contribution in [0.5, 0.6) is 0 Å². The van der Waals surface area contributed by atoms with Gasteiger partial charge in [-0.2, -0.15) is 0 Å². The van der Waals surface area contributed by atoms with Gasteiger partial charge in [-0.15, -0.1) is 0 Å². The first kappa shape index (κ1) is 17.8. The number of morpholine rings is 1. The van der Waals surface area contributed by atoms with Crippen molar-refractivity contribution in [3.8, 4) is 0 Å². The van der Waals surface area contributed by atoms with Crippen molar-refractivity contribution in [3.05, 3.63) is 17.2 Å².